The van der Waals surface area contributed by atoms with Crippen LogP contribution in [0.3, 0.4) is 0 Å². The third-order valence-electron chi connectivity index (χ3n) is 2.26. The maximum atomic E-state index is 11.9. The van der Waals surface area contributed by atoms with E-state index < -0.39 is 39.4 Å². The zero-order valence-corrected chi connectivity index (χ0v) is 11.5. The first kappa shape index (κ1) is 16.4. The molecule has 0 aliphatic rings. The van der Waals surface area contributed by atoms with Crippen LogP contribution in [0.15, 0.2) is 23.1 Å². The summed E-state index contributed by atoms with van der Waals surface area (Å²) in [5, 5.41) is 17.7. The number of sulfonamides is 1. The van der Waals surface area contributed by atoms with Crippen molar-refractivity contribution in [3.8, 4) is 0 Å². The van der Waals surface area contributed by atoms with Gasteiger partial charge in [0.25, 0.3) is 0 Å². The van der Waals surface area contributed by atoms with Gasteiger partial charge in [0, 0.05) is 6.54 Å². The minimum absolute atomic E-state index is 0.198. The van der Waals surface area contributed by atoms with Gasteiger partial charge in [0.1, 0.15) is 11.0 Å². The van der Waals surface area contributed by atoms with Crippen LogP contribution in [0.5, 0.6) is 0 Å². The van der Waals surface area contributed by atoms with Crippen molar-refractivity contribution in [1.29, 1.82) is 0 Å². The zero-order chi connectivity index (χ0) is 15.5. The summed E-state index contributed by atoms with van der Waals surface area (Å²) in [5.74, 6) is -2.42. The minimum Gasteiger partial charge on any atom is -0.478 e. The van der Waals surface area contributed by atoms with Crippen LogP contribution >= 0.6 is 11.6 Å². The van der Waals surface area contributed by atoms with Gasteiger partial charge in [-0.1, -0.05) is 11.6 Å². The van der Waals surface area contributed by atoms with Crippen molar-refractivity contribution in [1.82, 2.24) is 4.72 Å². The van der Waals surface area contributed by atoms with E-state index in [-0.39, 0.29) is 10.6 Å². The van der Waals surface area contributed by atoms with Gasteiger partial charge < -0.3 is 15.9 Å². The number of nitrogens with two attached hydrogens (primary N) is 1. The molecule has 110 valence electrons. The molecule has 0 aliphatic carbocycles. The van der Waals surface area contributed by atoms with E-state index in [0.29, 0.717) is 0 Å². The molecule has 1 unspecified atom stereocenters. The summed E-state index contributed by atoms with van der Waals surface area (Å²) in [4.78, 5) is 20.9. The number of benzene rings is 1. The van der Waals surface area contributed by atoms with Crippen LogP contribution in [-0.2, 0) is 14.8 Å². The molecular formula is C10H11ClN2O6S. The summed E-state index contributed by atoms with van der Waals surface area (Å²) in [6.07, 6.45) is -1.70. The monoisotopic (exact) mass is 322 g/mol. The molecule has 0 bridgehead atoms. The zero-order valence-electron chi connectivity index (χ0n) is 9.91. The van der Waals surface area contributed by atoms with Crippen LogP contribution in [0.4, 0.5) is 0 Å². The number of carbonyl (C=O) groups excluding carboxylic acids is 1. The van der Waals surface area contributed by atoms with Crippen molar-refractivity contribution in [2.45, 2.75) is 11.0 Å². The number of hydrogen-bond donors (Lipinski definition) is 4. The summed E-state index contributed by atoms with van der Waals surface area (Å²) < 4.78 is 25.7. The molecule has 1 rings (SSSR count). The lowest BCUT2D eigenvalue weighted by Gasteiger charge is -2.11. The molecule has 0 fully saturated rings. The van der Waals surface area contributed by atoms with Crippen LogP contribution in [0.2, 0.25) is 5.02 Å². The van der Waals surface area contributed by atoms with E-state index in [9.17, 15) is 18.0 Å². The van der Waals surface area contributed by atoms with Gasteiger partial charge in [0.05, 0.1) is 10.6 Å². The number of hydrogen-bond acceptors (Lipinski definition) is 5. The summed E-state index contributed by atoms with van der Waals surface area (Å²) in [6, 6.07) is 3.12. The quantitative estimate of drug-likeness (QED) is 0.537. The summed E-state index contributed by atoms with van der Waals surface area (Å²) in [6.45, 7) is -0.648. The minimum atomic E-state index is -4.19. The molecule has 0 aliphatic heterocycles. The number of aliphatic hydroxyl groups excluding tert-OH is 1. The first-order valence-corrected chi connectivity index (χ1v) is 7.01. The first-order chi connectivity index (χ1) is 9.15. The lowest BCUT2D eigenvalue weighted by molar-refractivity contribution is -0.125. The molecule has 0 saturated heterocycles. The van der Waals surface area contributed by atoms with Crippen molar-refractivity contribution in [3.63, 3.8) is 0 Å². The lowest BCUT2D eigenvalue weighted by atomic mass is 10.2. The van der Waals surface area contributed by atoms with Crippen molar-refractivity contribution in [2.24, 2.45) is 5.73 Å². The van der Waals surface area contributed by atoms with Gasteiger partial charge in [-0.25, -0.2) is 17.9 Å². The predicted octanol–water partition coefficient (Wildman–Crippen LogP) is -0.837. The number of carboxylic acid groups (broad SMARTS) is 1. The molecule has 20 heavy (non-hydrogen) atoms. The number of halogens is 1. The topological polar surface area (TPSA) is 147 Å². The maximum Gasteiger partial charge on any atom is 0.335 e. The second-order valence-electron chi connectivity index (χ2n) is 3.72. The van der Waals surface area contributed by atoms with Crippen LogP contribution in [0.25, 0.3) is 0 Å². The Morgan fingerprint density at radius 2 is 2.00 bits per heavy atom. The van der Waals surface area contributed by atoms with Gasteiger partial charge in [-0.05, 0) is 18.2 Å². The van der Waals surface area contributed by atoms with E-state index in [1.807, 2.05) is 4.72 Å². The van der Waals surface area contributed by atoms with Gasteiger partial charge in [-0.3, -0.25) is 4.79 Å². The third-order valence-corrected chi connectivity index (χ3v) is 4.17. The average Bonchev–Trinajstić information content (AvgIpc) is 2.35. The number of primary amides is 1. The van der Waals surface area contributed by atoms with Crippen LogP contribution in [-0.4, -0.2) is 43.2 Å². The van der Waals surface area contributed by atoms with Crippen molar-refractivity contribution in [3.05, 3.63) is 28.8 Å². The number of nitrogens with one attached hydrogen (secondary N) is 1. The molecule has 0 saturated carbocycles. The normalized spacial score (nSPS) is 12.9. The lowest BCUT2D eigenvalue weighted by Crippen LogP contribution is -2.40. The summed E-state index contributed by atoms with van der Waals surface area (Å²) >= 11 is 5.70. The molecule has 1 aromatic carbocycles. The van der Waals surface area contributed by atoms with E-state index >= 15 is 0 Å². The van der Waals surface area contributed by atoms with Crippen LogP contribution in [0.1, 0.15) is 10.4 Å². The number of aromatic carboxylic acids is 1. The smallest absolute Gasteiger partial charge is 0.335 e. The second-order valence-corrected chi connectivity index (χ2v) is 5.86. The molecule has 0 spiro atoms. The first-order valence-electron chi connectivity index (χ1n) is 5.15. The Hall–Kier alpha value is -1.68. The maximum absolute atomic E-state index is 11.9. The Morgan fingerprint density at radius 3 is 2.50 bits per heavy atom. The third kappa shape index (κ3) is 3.90. The Kier molecular flexibility index (Phi) is 5.06. The molecule has 5 N–H and O–H groups in total. The van der Waals surface area contributed by atoms with E-state index in [0.717, 1.165) is 18.2 Å². The largest absolute Gasteiger partial charge is 0.478 e. The highest BCUT2D eigenvalue weighted by Gasteiger charge is 2.22. The van der Waals surface area contributed by atoms with Gasteiger partial charge in [0.2, 0.25) is 15.9 Å². The Labute approximate surface area is 119 Å². The predicted molar refractivity (Wildman–Crippen MR) is 68.8 cm³/mol. The van der Waals surface area contributed by atoms with Crippen LogP contribution in [0, 0.1) is 0 Å². The fourth-order valence-electron chi connectivity index (χ4n) is 1.21. The van der Waals surface area contributed by atoms with Crippen molar-refractivity contribution >= 4 is 33.5 Å². The van der Waals surface area contributed by atoms with E-state index in [2.05, 4.69) is 0 Å². The van der Waals surface area contributed by atoms with E-state index in [4.69, 9.17) is 27.5 Å². The van der Waals surface area contributed by atoms with Crippen molar-refractivity contribution in [2.75, 3.05) is 6.54 Å². The standard InChI is InChI=1S/C10H11ClN2O6S/c11-6-2-1-5(10(16)17)3-8(6)20(18,19)13-4-7(14)9(12)15/h1-3,7,13-14H,4H2,(H2,12,15)(H,16,17). The molecule has 1 amide bonds. The molecule has 1 aromatic rings. The fraction of sp³-hybridized carbons (Fsp3) is 0.200. The molecule has 10 heteroatoms. The van der Waals surface area contributed by atoms with Gasteiger partial charge >= 0.3 is 5.97 Å². The van der Waals surface area contributed by atoms with E-state index in [1.165, 1.54) is 0 Å². The van der Waals surface area contributed by atoms with Gasteiger partial charge in [0.15, 0.2) is 0 Å². The molecule has 0 heterocycles. The molecule has 8 nitrogen and oxygen atoms in total. The van der Waals surface area contributed by atoms with E-state index in [1.54, 1.807) is 0 Å². The summed E-state index contributed by atoms with van der Waals surface area (Å²) in [5.41, 5.74) is 4.50. The number of carboxylic acids is 1. The fourth-order valence-corrected chi connectivity index (χ4v) is 2.77. The molecule has 1 atom stereocenters. The highest BCUT2D eigenvalue weighted by atomic mass is 35.5. The second kappa shape index (κ2) is 6.18. The van der Waals surface area contributed by atoms with Crippen molar-refractivity contribution < 1.29 is 28.2 Å². The number of aliphatic hydroxyl groups is 1. The Balaban J connectivity index is 3.06. The molecular weight excluding hydrogens is 312 g/mol. The van der Waals surface area contributed by atoms with Gasteiger partial charge in [-0.2, -0.15) is 0 Å². The number of carbonyl (C=O) groups is 2. The highest BCUT2D eigenvalue weighted by Crippen LogP contribution is 2.22. The number of amides is 1. The highest BCUT2D eigenvalue weighted by molar-refractivity contribution is 7.89. The summed E-state index contributed by atoms with van der Waals surface area (Å²) in [7, 11) is -4.19. The van der Waals surface area contributed by atoms with Gasteiger partial charge in [-0.15, -0.1) is 0 Å². The molecule has 0 aromatic heterocycles. The molecule has 0 radical (unpaired) electrons. The average molecular weight is 323 g/mol. The Bertz CT molecular complexity index is 645. The van der Waals surface area contributed by atoms with Crippen LogP contribution < -0.4 is 10.5 Å². The SMILES string of the molecule is NC(=O)C(O)CNS(=O)(=O)c1cc(C(=O)O)ccc1Cl. The Morgan fingerprint density at radius 1 is 1.40 bits per heavy atom. The number of rotatable bonds is 6.